The summed E-state index contributed by atoms with van der Waals surface area (Å²) in [6.45, 7) is 3.80. The summed E-state index contributed by atoms with van der Waals surface area (Å²) in [5.41, 5.74) is 3.44. The molecule has 0 spiro atoms. The van der Waals surface area contributed by atoms with E-state index in [0.717, 1.165) is 43.6 Å². The fraction of sp³-hybridized carbons (Fsp3) is 0.400. The van der Waals surface area contributed by atoms with Crippen molar-refractivity contribution in [2.75, 3.05) is 18.4 Å². The normalized spacial score (nSPS) is 24.9. The number of nitro benzene ring substituents is 1. The fourth-order valence-electron chi connectivity index (χ4n) is 5.41. The van der Waals surface area contributed by atoms with Crippen molar-refractivity contribution in [3.63, 3.8) is 0 Å². The molecule has 3 atom stereocenters. The number of piperidine rings is 1. The molecule has 160 valence electrons. The van der Waals surface area contributed by atoms with Crippen LogP contribution in [0.5, 0.6) is 0 Å². The molecule has 1 aliphatic carbocycles. The first-order valence-electron chi connectivity index (χ1n) is 11.1. The highest BCUT2D eigenvalue weighted by Gasteiger charge is 2.41. The van der Waals surface area contributed by atoms with E-state index in [2.05, 4.69) is 30.5 Å². The number of carbonyl (C=O) groups excluding carboxylic acids is 1. The molecule has 5 rings (SSSR count). The second-order valence-electron chi connectivity index (χ2n) is 9.04. The number of benzene rings is 2. The molecule has 0 saturated carbocycles. The first-order chi connectivity index (χ1) is 15.0. The van der Waals surface area contributed by atoms with Gasteiger partial charge in [-0.3, -0.25) is 14.9 Å². The van der Waals surface area contributed by atoms with Crippen LogP contribution in [0.1, 0.15) is 59.6 Å². The summed E-state index contributed by atoms with van der Waals surface area (Å²) in [6, 6.07) is 12.7. The van der Waals surface area contributed by atoms with Crippen LogP contribution in [0.3, 0.4) is 0 Å². The molecule has 3 unspecified atom stereocenters. The van der Waals surface area contributed by atoms with Crippen molar-refractivity contribution in [3.8, 4) is 0 Å². The number of nitro groups is 1. The number of carbonyl (C=O) groups is 1. The van der Waals surface area contributed by atoms with Crippen molar-refractivity contribution < 1.29 is 9.72 Å². The highest BCUT2D eigenvalue weighted by molar-refractivity contribution is 6.01. The van der Waals surface area contributed by atoms with E-state index in [4.69, 9.17) is 0 Å². The zero-order chi connectivity index (χ0) is 21.5. The lowest BCUT2D eigenvalue weighted by Crippen LogP contribution is -2.39. The quantitative estimate of drug-likeness (QED) is 0.418. The van der Waals surface area contributed by atoms with Crippen LogP contribution in [0.25, 0.3) is 0 Å². The Labute approximate surface area is 182 Å². The SMILES string of the molecule is CC1CCN(C(=O)c2cccc3c2NC(c2ccccc2[N+](=O)[O-])C2CC=CC32)CC1. The minimum absolute atomic E-state index is 0.0537. The van der Waals surface area contributed by atoms with Crippen molar-refractivity contribution >= 4 is 17.3 Å². The molecule has 2 aromatic carbocycles. The molecule has 2 aromatic rings. The van der Waals surface area contributed by atoms with Gasteiger partial charge >= 0.3 is 0 Å². The maximum absolute atomic E-state index is 13.4. The van der Waals surface area contributed by atoms with Gasteiger partial charge in [0.25, 0.3) is 11.6 Å². The molecule has 6 nitrogen and oxygen atoms in total. The number of hydrogen-bond acceptors (Lipinski definition) is 4. The Balaban J connectivity index is 1.56. The summed E-state index contributed by atoms with van der Waals surface area (Å²) in [7, 11) is 0. The summed E-state index contributed by atoms with van der Waals surface area (Å²) in [6.07, 6.45) is 7.27. The number of hydrogen-bond donors (Lipinski definition) is 1. The van der Waals surface area contributed by atoms with Gasteiger partial charge in [0.1, 0.15) is 0 Å². The monoisotopic (exact) mass is 417 g/mol. The summed E-state index contributed by atoms with van der Waals surface area (Å²) in [5, 5.41) is 15.3. The van der Waals surface area contributed by atoms with Crippen LogP contribution in [0.4, 0.5) is 11.4 Å². The third kappa shape index (κ3) is 3.40. The summed E-state index contributed by atoms with van der Waals surface area (Å²) >= 11 is 0. The summed E-state index contributed by atoms with van der Waals surface area (Å²) in [4.78, 5) is 26.8. The van der Waals surface area contributed by atoms with Gasteiger partial charge in [-0.1, -0.05) is 49.4 Å². The zero-order valence-electron chi connectivity index (χ0n) is 17.7. The van der Waals surface area contributed by atoms with E-state index in [-0.39, 0.29) is 34.4 Å². The predicted molar refractivity (Wildman–Crippen MR) is 120 cm³/mol. The van der Waals surface area contributed by atoms with Crippen molar-refractivity contribution in [1.82, 2.24) is 4.90 Å². The average molecular weight is 418 g/mol. The topological polar surface area (TPSA) is 75.5 Å². The van der Waals surface area contributed by atoms with Crippen LogP contribution in [0.2, 0.25) is 0 Å². The number of allylic oxidation sites excluding steroid dienone is 2. The maximum Gasteiger partial charge on any atom is 0.274 e. The fourth-order valence-corrected chi connectivity index (χ4v) is 5.41. The van der Waals surface area contributed by atoms with Crippen molar-refractivity contribution in [2.45, 2.75) is 38.1 Å². The van der Waals surface area contributed by atoms with E-state index >= 15 is 0 Å². The van der Waals surface area contributed by atoms with Crippen LogP contribution in [0, 0.1) is 22.0 Å². The zero-order valence-corrected chi connectivity index (χ0v) is 17.7. The van der Waals surface area contributed by atoms with E-state index in [1.165, 1.54) is 0 Å². The lowest BCUT2D eigenvalue weighted by Gasteiger charge is -2.39. The Morgan fingerprint density at radius 3 is 2.61 bits per heavy atom. The molecule has 3 aliphatic rings. The van der Waals surface area contributed by atoms with Crippen LogP contribution < -0.4 is 5.32 Å². The highest BCUT2D eigenvalue weighted by Crippen LogP contribution is 2.52. The number of rotatable bonds is 3. The number of amides is 1. The number of fused-ring (bicyclic) bond motifs is 3. The Kier molecular flexibility index (Phi) is 5.00. The van der Waals surface area contributed by atoms with Gasteiger partial charge in [0.2, 0.25) is 0 Å². The molecule has 31 heavy (non-hydrogen) atoms. The summed E-state index contributed by atoms with van der Waals surface area (Å²) in [5.74, 6) is 1.04. The molecule has 2 heterocycles. The number of nitrogens with one attached hydrogen (secondary N) is 1. The second-order valence-corrected chi connectivity index (χ2v) is 9.04. The van der Waals surface area contributed by atoms with E-state index in [1.54, 1.807) is 12.1 Å². The number of para-hydroxylation sites is 2. The van der Waals surface area contributed by atoms with Crippen LogP contribution in [-0.4, -0.2) is 28.8 Å². The smallest absolute Gasteiger partial charge is 0.274 e. The molecule has 0 aromatic heterocycles. The molecule has 0 bridgehead atoms. The average Bonchev–Trinajstić information content (AvgIpc) is 3.28. The largest absolute Gasteiger partial charge is 0.377 e. The highest BCUT2D eigenvalue weighted by atomic mass is 16.6. The van der Waals surface area contributed by atoms with Gasteiger partial charge < -0.3 is 10.2 Å². The Morgan fingerprint density at radius 2 is 1.84 bits per heavy atom. The molecule has 1 saturated heterocycles. The Bertz CT molecular complexity index is 1060. The van der Waals surface area contributed by atoms with Crippen LogP contribution in [0.15, 0.2) is 54.6 Å². The van der Waals surface area contributed by atoms with E-state index in [9.17, 15) is 14.9 Å². The lowest BCUT2D eigenvalue weighted by atomic mass is 9.76. The van der Waals surface area contributed by atoms with E-state index in [1.807, 2.05) is 29.2 Å². The Hall–Kier alpha value is -3.15. The first kappa shape index (κ1) is 19.8. The molecular formula is C25H27N3O3. The van der Waals surface area contributed by atoms with Gasteiger partial charge in [0.05, 0.1) is 27.8 Å². The first-order valence-corrected chi connectivity index (χ1v) is 11.1. The number of nitrogens with zero attached hydrogens (tertiary/aromatic N) is 2. The van der Waals surface area contributed by atoms with Gasteiger partial charge in [0.15, 0.2) is 0 Å². The van der Waals surface area contributed by atoms with Crippen molar-refractivity contribution in [1.29, 1.82) is 0 Å². The van der Waals surface area contributed by atoms with Gasteiger partial charge in [-0.15, -0.1) is 0 Å². The predicted octanol–water partition coefficient (Wildman–Crippen LogP) is 5.29. The minimum atomic E-state index is -0.310. The molecule has 1 fully saturated rings. The maximum atomic E-state index is 13.4. The van der Waals surface area contributed by atoms with Gasteiger partial charge in [-0.25, -0.2) is 0 Å². The van der Waals surface area contributed by atoms with Crippen molar-refractivity contribution in [2.24, 2.45) is 11.8 Å². The van der Waals surface area contributed by atoms with Crippen molar-refractivity contribution in [3.05, 3.63) is 81.4 Å². The molecule has 2 aliphatic heterocycles. The molecular weight excluding hydrogens is 390 g/mol. The molecule has 6 heteroatoms. The minimum Gasteiger partial charge on any atom is -0.377 e. The van der Waals surface area contributed by atoms with Gasteiger partial charge in [0, 0.05) is 25.1 Å². The molecule has 1 amide bonds. The summed E-state index contributed by atoms with van der Waals surface area (Å²) < 4.78 is 0. The second kappa shape index (κ2) is 7.84. The van der Waals surface area contributed by atoms with E-state index < -0.39 is 0 Å². The van der Waals surface area contributed by atoms with Crippen LogP contribution in [-0.2, 0) is 0 Å². The van der Waals surface area contributed by atoms with Gasteiger partial charge in [-0.2, -0.15) is 0 Å². The van der Waals surface area contributed by atoms with Gasteiger partial charge in [-0.05, 0) is 42.7 Å². The lowest BCUT2D eigenvalue weighted by molar-refractivity contribution is -0.385. The van der Waals surface area contributed by atoms with Crippen LogP contribution >= 0.6 is 0 Å². The standard InChI is InChI=1S/C25H27N3O3/c1-16-12-14-27(15-13-16)25(29)21-10-5-9-19-17-7-4-8-18(17)23(26-24(19)21)20-6-2-3-11-22(20)28(30)31/h2-7,9-11,16-18,23,26H,8,12-15H2,1H3. The molecule has 1 N–H and O–H groups in total. The third-order valence-corrected chi connectivity index (χ3v) is 7.17. The third-order valence-electron chi connectivity index (χ3n) is 7.17. The Morgan fingerprint density at radius 1 is 1.10 bits per heavy atom. The van der Waals surface area contributed by atoms with E-state index in [0.29, 0.717) is 17.0 Å². The number of likely N-dealkylation sites (tertiary alicyclic amines) is 1. The molecule has 0 radical (unpaired) electrons. The number of anilines is 1.